The minimum absolute atomic E-state index is 0.525. The number of rotatable bonds is 10. The molecule has 0 aliphatic carbocycles. The summed E-state index contributed by atoms with van der Waals surface area (Å²) in [7, 11) is 1.79. The molecule has 1 aromatic carbocycles. The number of benzene rings is 1. The lowest BCUT2D eigenvalue weighted by Gasteiger charge is -2.12. The van der Waals surface area contributed by atoms with E-state index in [0.29, 0.717) is 13.2 Å². The fraction of sp³-hybridized carbons (Fsp3) is 0.450. The molecule has 0 amide bonds. The Morgan fingerprint density at radius 1 is 1.08 bits per heavy atom. The van der Waals surface area contributed by atoms with Crippen LogP contribution in [-0.2, 0) is 24.2 Å². The van der Waals surface area contributed by atoms with Gasteiger partial charge in [-0.1, -0.05) is 31.2 Å². The highest BCUT2D eigenvalue weighted by Gasteiger charge is 1.99. The van der Waals surface area contributed by atoms with Gasteiger partial charge in [-0.05, 0) is 42.5 Å². The SMILES string of the molecule is CCc1ccc(CCNC(=NC)NCCCOCc2ccco2)cc1. The van der Waals surface area contributed by atoms with Gasteiger partial charge in [0.2, 0.25) is 0 Å². The van der Waals surface area contributed by atoms with E-state index in [1.165, 1.54) is 11.1 Å². The molecule has 0 saturated carbocycles. The van der Waals surface area contributed by atoms with Crippen LogP contribution in [0.25, 0.3) is 0 Å². The molecule has 1 aromatic heterocycles. The second kappa shape index (κ2) is 11.3. The first-order valence-electron chi connectivity index (χ1n) is 8.94. The van der Waals surface area contributed by atoms with E-state index in [2.05, 4.69) is 46.8 Å². The fourth-order valence-corrected chi connectivity index (χ4v) is 2.44. The van der Waals surface area contributed by atoms with Crippen LogP contribution in [-0.4, -0.2) is 32.7 Å². The van der Waals surface area contributed by atoms with Gasteiger partial charge in [-0.15, -0.1) is 0 Å². The van der Waals surface area contributed by atoms with Crippen LogP contribution in [0.2, 0.25) is 0 Å². The number of aryl methyl sites for hydroxylation is 1. The molecule has 0 unspecified atom stereocenters. The van der Waals surface area contributed by atoms with Gasteiger partial charge in [-0.3, -0.25) is 4.99 Å². The van der Waals surface area contributed by atoms with E-state index in [4.69, 9.17) is 9.15 Å². The van der Waals surface area contributed by atoms with Crippen molar-refractivity contribution in [3.8, 4) is 0 Å². The molecule has 2 rings (SSSR count). The zero-order chi connectivity index (χ0) is 17.7. The van der Waals surface area contributed by atoms with E-state index < -0.39 is 0 Å². The highest BCUT2D eigenvalue weighted by Crippen LogP contribution is 2.05. The van der Waals surface area contributed by atoms with Crippen LogP contribution >= 0.6 is 0 Å². The number of hydrogen-bond donors (Lipinski definition) is 2. The van der Waals surface area contributed by atoms with E-state index in [0.717, 1.165) is 44.1 Å². The van der Waals surface area contributed by atoms with E-state index in [1.807, 2.05) is 12.1 Å². The van der Waals surface area contributed by atoms with Crippen molar-refractivity contribution in [3.63, 3.8) is 0 Å². The largest absolute Gasteiger partial charge is 0.467 e. The van der Waals surface area contributed by atoms with Gasteiger partial charge in [0.1, 0.15) is 12.4 Å². The van der Waals surface area contributed by atoms with Gasteiger partial charge in [0, 0.05) is 26.7 Å². The maximum atomic E-state index is 5.56. The summed E-state index contributed by atoms with van der Waals surface area (Å²) in [5, 5.41) is 6.65. The van der Waals surface area contributed by atoms with Crippen molar-refractivity contribution in [3.05, 3.63) is 59.5 Å². The van der Waals surface area contributed by atoms with Gasteiger partial charge in [-0.2, -0.15) is 0 Å². The third kappa shape index (κ3) is 7.44. The van der Waals surface area contributed by atoms with Crippen molar-refractivity contribution in [1.29, 1.82) is 0 Å². The molecule has 136 valence electrons. The Bertz CT molecular complexity index is 606. The van der Waals surface area contributed by atoms with Gasteiger partial charge in [0.25, 0.3) is 0 Å². The third-order valence-corrected chi connectivity index (χ3v) is 3.94. The average molecular weight is 343 g/mol. The first kappa shape index (κ1) is 19.1. The van der Waals surface area contributed by atoms with Crippen molar-refractivity contribution >= 4 is 5.96 Å². The molecule has 0 aliphatic rings. The number of ether oxygens (including phenoxy) is 1. The zero-order valence-corrected chi connectivity index (χ0v) is 15.3. The van der Waals surface area contributed by atoms with Gasteiger partial charge >= 0.3 is 0 Å². The van der Waals surface area contributed by atoms with E-state index in [9.17, 15) is 0 Å². The minimum Gasteiger partial charge on any atom is -0.467 e. The monoisotopic (exact) mass is 343 g/mol. The molecule has 0 saturated heterocycles. The summed E-state index contributed by atoms with van der Waals surface area (Å²) in [6, 6.07) is 12.6. The number of nitrogens with zero attached hydrogens (tertiary/aromatic N) is 1. The lowest BCUT2D eigenvalue weighted by molar-refractivity contribution is 0.105. The van der Waals surface area contributed by atoms with Gasteiger partial charge in [-0.25, -0.2) is 0 Å². The van der Waals surface area contributed by atoms with Crippen molar-refractivity contribution in [2.24, 2.45) is 4.99 Å². The van der Waals surface area contributed by atoms with E-state index in [1.54, 1.807) is 13.3 Å². The lowest BCUT2D eigenvalue weighted by Crippen LogP contribution is -2.39. The Hall–Kier alpha value is -2.27. The second-order valence-electron chi connectivity index (χ2n) is 5.83. The van der Waals surface area contributed by atoms with Gasteiger partial charge < -0.3 is 19.8 Å². The molecule has 5 heteroatoms. The summed E-state index contributed by atoms with van der Waals surface area (Å²) >= 11 is 0. The number of guanidine groups is 1. The smallest absolute Gasteiger partial charge is 0.190 e. The number of aliphatic imine (C=N–C) groups is 1. The summed E-state index contributed by atoms with van der Waals surface area (Å²) in [6.45, 7) is 5.07. The summed E-state index contributed by atoms with van der Waals surface area (Å²) < 4.78 is 10.8. The molecule has 0 aliphatic heterocycles. The van der Waals surface area contributed by atoms with Crippen LogP contribution in [0.5, 0.6) is 0 Å². The zero-order valence-electron chi connectivity index (χ0n) is 15.3. The van der Waals surface area contributed by atoms with Crippen molar-refractivity contribution in [2.75, 3.05) is 26.7 Å². The molecule has 0 radical (unpaired) electrons. The standard InChI is InChI=1S/C20H29N3O2/c1-3-17-7-9-18(10-8-17)11-13-23-20(21-2)22-12-5-14-24-16-19-6-4-15-25-19/h4,6-10,15H,3,5,11-14,16H2,1-2H3,(H2,21,22,23). The van der Waals surface area contributed by atoms with Crippen LogP contribution in [0, 0.1) is 0 Å². The third-order valence-electron chi connectivity index (χ3n) is 3.94. The lowest BCUT2D eigenvalue weighted by atomic mass is 10.1. The molecule has 0 spiro atoms. The van der Waals surface area contributed by atoms with E-state index >= 15 is 0 Å². The first-order valence-corrected chi connectivity index (χ1v) is 8.94. The van der Waals surface area contributed by atoms with Crippen LogP contribution < -0.4 is 10.6 Å². The Morgan fingerprint density at radius 3 is 2.52 bits per heavy atom. The molecular weight excluding hydrogens is 314 g/mol. The van der Waals surface area contributed by atoms with Crippen molar-refractivity contribution < 1.29 is 9.15 Å². The van der Waals surface area contributed by atoms with Crippen molar-refractivity contribution in [2.45, 2.75) is 32.8 Å². The topological polar surface area (TPSA) is 58.8 Å². The molecule has 25 heavy (non-hydrogen) atoms. The molecule has 0 bridgehead atoms. The highest BCUT2D eigenvalue weighted by molar-refractivity contribution is 5.79. The quantitative estimate of drug-likeness (QED) is 0.395. The number of nitrogens with one attached hydrogen (secondary N) is 2. The first-order chi connectivity index (χ1) is 12.3. The Kier molecular flexibility index (Phi) is 8.63. The molecule has 0 fully saturated rings. The molecule has 2 aromatic rings. The molecular formula is C20H29N3O2. The fourth-order valence-electron chi connectivity index (χ4n) is 2.44. The average Bonchev–Trinajstić information content (AvgIpc) is 3.17. The predicted molar refractivity (Wildman–Crippen MR) is 102 cm³/mol. The van der Waals surface area contributed by atoms with Crippen LogP contribution in [0.3, 0.4) is 0 Å². The molecule has 5 nitrogen and oxygen atoms in total. The maximum absolute atomic E-state index is 5.56. The van der Waals surface area contributed by atoms with E-state index in [-0.39, 0.29) is 0 Å². The maximum Gasteiger partial charge on any atom is 0.190 e. The summed E-state index contributed by atoms with van der Waals surface area (Å²) in [5.74, 6) is 1.69. The highest BCUT2D eigenvalue weighted by atomic mass is 16.5. The van der Waals surface area contributed by atoms with Crippen LogP contribution in [0.4, 0.5) is 0 Å². The van der Waals surface area contributed by atoms with Crippen LogP contribution in [0.15, 0.2) is 52.1 Å². The van der Waals surface area contributed by atoms with Crippen LogP contribution in [0.1, 0.15) is 30.2 Å². The second-order valence-corrected chi connectivity index (χ2v) is 5.83. The number of furan rings is 1. The molecule has 0 atom stereocenters. The Morgan fingerprint density at radius 2 is 1.84 bits per heavy atom. The van der Waals surface area contributed by atoms with Gasteiger partial charge in [0.15, 0.2) is 5.96 Å². The van der Waals surface area contributed by atoms with Gasteiger partial charge in [0.05, 0.1) is 6.26 Å². The summed E-state index contributed by atoms with van der Waals surface area (Å²) in [4.78, 5) is 4.24. The van der Waals surface area contributed by atoms with Crippen molar-refractivity contribution in [1.82, 2.24) is 10.6 Å². The summed E-state index contributed by atoms with van der Waals surface area (Å²) in [5.41, 5.74) is 2.72. The minimum atomic E-state index is 0.525. The Labute approximate surface area is 150 Å². The molecule has 1 heterocycles. The normalized spacial score (nSPS) is 11.5. The predicted octanol–water partition coefficient (Wildman–Crippen LogP) is 3.16. The molecule has 2 N–H and O–H groups in total. The summed E-state index contributed by atoms with van der Waals surface area (Å²) in [6.07, 6.45) is 4.64. The number of hydrogen-bond acceptors (Lipinski definition) is 3. The Balaban J connectivity index is 1.54.